The van der Waals surface area contributed by atoms with Crippen LogP contribution in [0.5, 0.6) is 0 Å². The fourth-order valence-electron chi connectivity index (χ4n) is 3.17. The Morgan fingerprint density at radius 2 is 1.89 bits per heavy atom. The lowest BCUT2D eigenvalue weighted by atomic mass is 10.2. The Bertz CT molecular complexity index is 1290. The van der Waals surface area contributed by atoms with Crippen LogP contribution in [0.2, 0.25) is 0 Å². The van der Waals surface area contributed by atoms with Crippen molar-refractivity contribution in [3.63, 3.8) is 0 Å². The second-order valence-corrected chi connectivity index (χ2v) is 7.33. The number of nitrogens with zero attached hydrogens (tertiary/aromatic N) is 4. The van der Waals surface area contributed by atoms with Gasteiger partial charge in [0.25, 0.3) is 5.91 Å². The van der Waals surface area contributed by atoms with E-state index in [2.05, 4.69) is 20.3 Å². The van der Waals surface area contributed by atoms with Gasteiger partial charge in [0.05, 0.1) is 5.69 Å². The van der Waals surface area contributed by atoms with Gasteiger partial charge in [0.1, 0.15) is 26.7 Å². The molecule has 0 saturated carbocycles. The number of aromatic nitrogens is 4. The van der Waals surface area contributed by atoms with Gasteiger partial charge in [-0.2, -0.15) is 0 Å². The summed E-state index contributed by atoms with van der Waals surface area (Å²) < 4.78 is 1.80. The highest BCUT2D eigenvalue weighted by Gasteiger charge is 2.16. The molecule has 0 aliphatic rings. The van der Waals surface area contributed by atoms with E-state index in [1.807, 2.05) is 67.7 Å². The van der Waals surface area contributed by atoms with E-state index in [1.54, 1.807) is 21.9 Å². The molecule has 0 saturated heterocycles. The zero-order valence-electron chi connectivity index (χ0n) is 15.0. The van der Waals surface area contributed by atoms with Crippen molar-refractivity contribution in [2.24, 2.45) is 0 Å². The topological polar surface area (TPSA) is 72.2 Å². The van der Waals surface area contributed by atoms with Crippen molar-refractivity contribution in [1.29, 1.82) is 0 Å². The predicted molar refractivity (Wildman–Crippen MR) is 111 cm³/mol. The summed E-state index contributed by atoms with van der Waals surface area (Å²) in [6.07, 6.45) is 3.61. The summed E-state index contributed by atoms with van der Waals surface area (Å²) in [6.45, 7) is 1.84. The fourth-order valence-corrected chi connectivity index (χ4v) is 4.08. The molecule has 0 aliphatic carbocycles. The molecule has 1 N–H and O–H groups in total. The Morgan fingerprint density at radius 1 is 1.04 bits per heavy atom. The molecule has 7 heteroatoms. The molecule has 0 unspecified atom stereocenters. The first kappa shape index (κ1) is 16.6. The lowest BCUT2D eigenvalue weighted by Crippen LogP contribution is -2.15. The number of carbonyl (C=O) groups excluding carboxylic acids is 1. The SMILES string of the molecule is Cc1nc2ccccn2c1C(=O)Nc1ccc(-c2nc3cccnc3s2)cc1. The third-order valence-corrected chi connectivity index (χ3v) is 5.50. The standard InChI is InChI=1S/C21H15N5OS/c1-13-18(26-12-3-2-6-17(26)23-13)19(27)24-15-9-7-14(8-10-15)20-25-16-5-4-11-22-21(16)28-20/h2-12H,1H3,(H,24,27). The van der Waals surface area contributed by atoms with Crippen LogP contribution in [0.3, 0.4) is 0 Å². The summed E-state index contributed by atoms with van der Waals surface area (Å²) in [5, 5.41) is 3.86. The van der Waals surface area contributed by atoms with E-state index in [4.69, 9.17) is 0 Å². The maximum Gasteiger partial charge on any atom is 0.274 e. The lowest BCUT2D eigenvalue weighted by molar-refractivity contribution is 0.102. The maximum atomic E-state index is 12.8. The van der Waals surface area contributed by atoms with Crippen molar-refractivity contribution in [2.75, 3.05) is 5.32 Å². The van der Waals surface area contributed by atoms with Gasteiger partial charge in [-0.15, -0.1) is 0 Å². The van der Waals surface area contributed by atoms with Gasteiger partial charge in [-0.05, 0) is 55.5 Å². The number of fused-ring (bicyclic) bond motifs is 2. The number of amides is 1. The average Bonchev–Trinajstić information content (AvgIpc) is 3.28. The number of aryl methyl sites for hydroxylation is 1. The van der Waals surface area contributed by atoms with Gasteiger partial charge in [-0.1, -0.05) is 17.4 Å². The number of benzene rings is 1. The van der Waals surface area contributed by atoms with Crippen LogP contribution in [0.15, 0.2) is 67.0 Å². The van der Waals surface area contributed by atoms with Crippen LogP contribution >= 0.6 is 11.3 Å². The molecule has 5 aromatic rings. The highest BCUT2D eigenvalue weighted by atomic mass is 32.1. The molecule has 136 valence electrons. The van der Waals surface area contributed by atoms with Gasteiger partial charge < -0.3 is 5.32 Å². The molecule has 4 heterocycles. The van der Waals surface area contributed by atoms with E-state index in [9.17, 15) is 4.79 Å². The molecule has 1 aromatic carbocycles. The zero-order chi connectivity index (χ0) is 19.1. The van der Waals surface area contributed by atoms with Crippen molar-refractivity contribution in [2.45, 2.75) is 6.92 Å². The minimum atomic E-state index is -0.187. The molecule has 6 nitrogen and oxygen atoms in total. The second kappa shape index (κ2) is 6.54. The number of pyridine rings is 2. The highest BCUT2D eigenvalue weighted by Crippen LogP contribution is 2.29. The minimum Gasteiger partial charge on any atom is -0.321 e. The number of hydrogen-bond donors (Lipinski definition) is 1. The van der Waals surface area contributed by atoms with Crippen LogP contribution in [0, 0.1) is 6.92 Å². The van der Waals surface area contributed by atoms with Crippen LogP contribution in [0.4, 0.5) is 5.69 Å². The van der Waals surface area contributed by atoms with Crippen LogP contribution < -0.4 is 5.32 Å². The Morgan fingerprint density at radius 3 is 2.71 bits per heavy atom. The number of imidazole rings is 1. The molecule has 0 radical (unpaired) electrons. The molecule has 0 spiro atoms. The predicted octanol–water partition coefficient (Wildman–Crippen LogP) is 4.57. The average molecular weight is 385 g/mol. The molecule has 4 aromatic heterocycles. The Labute approximate surface area is 164 Å². The van der Waals surface area contributed by atoms with Gasteiger partial charge in [-0.3, -0.25) is 9.20 Å². The first-order chi connectivity index (χ1) is 13.7. The molecule has 5 rings (SSSR count). The van der Waals surface area contributed by atoms with Crippen molar-refractivity contribution in [3.05, 3.63) is 78.4 Å². The van der Waals surface area contributed by atoms with Crippen molar-refractivity contribution < 1.29 is 4.79 Å². The van der Waals surface area contributed by atoms with E-state index in [0.29, 0.717) is 11.4 Å². The largest absolute Gasteiger partial charge is 0.321 e. The summed E-state index contributed by atoms with van der Waals surface area (Å²) in [5.41, 5.74) is 4.59. The Kier molecular flexibility index (Phi) is 3.87. The van der Waals surface area contributed by atoms with Crippen molar-refractivity contribution in [1.82, 2.24) is 19.4 Å². The normalized spacial score (nSPS) is 11.2. The third-order valence-electron chi connectivity index (χ3n) is 4.48. The number of nitrogens with one attached hydrogen (secondary N) is 1. The molecular weight excluding hydrogens is 370 g/mol. The fraction of sp³-hybridized carbons (Fsp3) is 0.0476. The van der Waals surface area contributed by atoms with E-state index in [0.717, 1.165) is 32.3 Å². The summed E-state index contributed by atoms with van der Waals surface area (Å²) >= 11 is 1.55. The second-order valence-electron chi connectivity index (χ2n) is 6.35. The van der Waals surface area contributed by atoms with Gasteiger partial charge in [-0.25, -0.2) is 15.0 Å². The summed E-state index contributed by atoms with van der Waals surface area (Å²) in [5.74, 6) is -0.187. The lowest BCUT2D eigenvalue weighted by Gasteiger charge is -2.06. The Hall–Kier alpha value is -3.58. The molecule has 28 heavy (non-hydrogen) atoms. The van der Waals surface area contributed by atoms with Crippen molar-refractivity contribution in [3.8, 4) is 10.6 Å². The van der Waals surface area contributed by atoms with Crippen LogP contribution in [0.1, 0.15) is 16.2 Å². The van der Waals surface area contributed by atoms with Crippen molar-refractivity contribution >= 4 is 38.9 Å². The quantitative estimate of drug-likeness (QED) is 0.494. The first-order valence-electron chi connectivity index (χ1n) is 8.76. The molecule has 0 atom stereocenters. The van der Waals surface area contributed by atoms with E-state index < -0.39 is 0 Å². The van der Waals surface area contributed by atoms with E-state index in [-0.39, 0.29) is 5.91 Å². The maximum absolute atomic E-state index is 12.8. The summed E-state index contributed by atoms with van der Waals surface area (Å²) in [7, 11) is 0. The van der Waals surface area contributed by atoms with E-state index in [1.165, 1.54) is 0 Å². The molecular formula is C21H15N5OS. The molecule has 1 amide bonds. The monoisotopic (exact) mass is 385 g/mol. The van der Waals surface area contributed by atoms with Crippen LogP contribution in [-0.2, 0) is 0 Å². The molecule has 0 fully saturated rings. The number of hydrogen-bond acceptors (Lipinski definition) is 5. The van der Waals surface area contributed by atoms with Crippen LogP contribution in [-0.4, -0.2) is 25.3 Å². The minimum absolute atomic E-state index is 0.187. The van der Waals surface area contributed by atoms with Gasteiger partial charge in [0.2, 0.25) is 0 Å². The summed E-state index contributed by atoms with van der Waals surface area (Å²) in [4.78, 5) is 27.1. The van der Waals surface area contributed by atoms with Gasteiger partial charge in [0.15, 0.2) is 0 Å². The highest BCUT2D eigenvalue weighted by molar-refractivity contribution is 7.21. The molecule has 0 bridgehead atoms. The zero-order valence-corrected chi connectivity index (χ0v) is 15.8. The van der Waals surface area contributed by atoms with E-state index >= 15 is 0 Å². The van der Waals surface area contributed by atoms with Crippen LogP contribution in [0.25, 0.3) is 26.6 Å². The van der Waals surface area contributed by atoms with Gasteiger partial charge in [0, 0.05) is 23.6 Å². The Balaban J connectivity index is 1.41. The number of rotatable bonds is 3. The number of anilines is 1. The summed E-state index contributed by atoms with van der Waals surface area (Å²) in [6, 6.07) is 17.2. The smallest absolute Gasteiger partial charge is 0.274 e. The number of carbonyl (C=O) groups is 1. The number of thiazole rings is 1. The van der Waals surface area contributed by atoms with Gasteiger partial charge >= 0.3 is 0 Å². The third kappa shape index (κ3) is 2.82. The first-order valence-corrected chi connectivity index (χ1v) is 9.58. The molecule has 0 aliphatic heterocycles.